The number of rotatable bonds is 5. The van der Waals surface area contributed by atoms with Gasteiger partial charge in [-0.05, 0) is 18.1 Å². The molecule has 0 saturated carbocycles. The molecule has 3 N–H and O–H groups in total. The third-order valence-corrected chi connectivity index (χ3v) is 2.57. The number of benzene rings is 1. The minimum absolute atomic E-state index is 0.00645. The maximum atomic E-state index is 11.4. The fourth-order valence-electron chi connectivity index (χ4n) is 1.74. The van der Waals surface area contributed by atoms with Crippen LogP contribution in [0.2, 0.25) is 0 Å². The molecule has 0 spiro atoms. The number of carbonyl (C=O) groups excluding carboxylic acids is 1. The maximum Gasteiger partial charge on any atom is 0.231 e. The van der Waals surface area contributed by atoms with Crippen molar-refractivity contribution >= 4 is 5.91 Å². The molecule has 0 saturated heterocycles. The summed E-state index contributed by atoms with van der Waals surface area (Å²) in [7, 11) is 0. The lowest BCUT2D eigenvalue weighted by molar-refractivity contribution is -0.120. The normalized spacial score (nSPS) is 12.5. The Morgan fingerprint density at radius 1 is 1.41 bits per heavy atom. The van der Waals surface area contributed by atoms with Gasteiger partial charge in [-0.3, -0.25) is 4.79 Å². The highest BCUT2D eigenvalue weighted by molar-refractivity contribution is 5.76. The number of nitrogens with one attached hydrogen (secondary N) is 1. The lowest BCUT2D eigenvalue weighted by Crippen LogP contribution is -2.29. The van der Waals surface area contributed by atoms with Gasteiger partial charge in [0.1, 0.15) is 0 Å². The first-order valence-corrected chi connectivity index (χ1v) is 5.65. The van der Waals surface area contributed by atoms with Crippen LogP contribution in [0.1, 0.15) is 12.0 Å². The van der Waals surface area contributed by atoms with E-state index >= 15 is 0 Å². The van der Waals surface area contributed by atoms with Gasteiger partial charge in [-0.1, -0.05) is 12.1 Å². The maximum absolute atomic E-state index is 11.4. The highest BCUT2D eigenvalue weighted by atomic mass is 16.7. The zero-order valence-corrected chi connectivity index (χ0v) is 9.57. The van der Waals surface area contributed by atoms with E-state index in [1.807, 2.05) is 18.2 Å². The predicted octanol–water partition coefficient (Wildman–Crippen LogP) is 0.423. The van der Waals surface area contributed by atoms with Crippen molar-refractivity contribution in [2.45, 2.75) is 12.8 Å². The quantitative estimate of drug-likeness (QED) is 0.777. The molecule has 0 radical (unpaired) electrons. The lowest BCUT2D eigenvalue weighted by Gasteiger charge is -2.06. The summed E-state index contributed by atoms with van der Waals surface area (Å²) >= 11 is 0. The Balaban J connectivity index is 1.91. The van der Waals surface area contributed by atoms with Gasteiger partial charge in [-0.15, -0.1) is 0 Å². The number of aryl methyl sites for hydroxylation is 1. The smallest absolute Gasteiger partial charge is 0.231 e. The molecule has 0 bridgehead atoms. The van der Waals surface area contributed by atoms with E-state index in [-0.39, 0.29) is 12.7 Å². The summed E-state index contributed by atoms with van der Waals surface area (Å²) in [6, 6.07) is 5.71. The molecule has 2 rings (SSSR count). The Bertz CT molecular complexity index is 407. The van der Waals surface area contributed by atoms with Crippen molar-refractivity contribution < 1.29 is 14.3 Å². The monoisotopic (exact) mass is 236 g/mol. The SMILES string of the molecule is NCCNC(=O)CCc1cccc2c1OCO2. The first kappa shape index (κ1) is 11.7. The molecule has 1 amide bonds. The molecule has 1 aliphatic heterocycles. The van der Waals surface area contributed by atoms with Crippen molar-refractivity contribution in [1.82, 2.24) is 5.32 Å². The minimum atomic E-state index is 0.00645. The molecule has 1 aromatic rings. The second-order valence-electron chi connectivity index (χ2n) is 3.79. The molecular formula is C12H16N2O3. The average molecular weight is 236 g/mol. The summed E-state index contributed by atoms with van der Waals surface area (Å²) < 4.78 is 10.6. The van der Waals surface area contributed by atoms with Crippen molar-refractivity contribution in [3.63, 3.8) is 0 Å². The van der Waals surface area contributed by atoms with Crippen LogP contribution >= 0.6 is 0 Å². The third kappa shape index (κ3) is 2.88. The van der Waals surface area contributed by atoms with Crippen LogP contribution in [0.25, 0.3) is 0 Å². The van der Waals surface area contributed by atoms with Gasteiger partial charge in [-0.2, -0.15) is 0 Å². The Morgan fingerprint density at radius 3 is 3.12 bits per heavy atom. The second-order valence-corrected chi connectivity index (χ2v) is 3.79. The van der Waals surface area contributed by atoms with Crippen molar-refractivity contribution in [3.8, 4) is 11.5 Å². The number of hydrogen-bond donors (Lipinski definition) is 2. The standard InChI is InChI=1S/C12H16N2O3/c13-6-7-14-11(15)5-4-9-2-1-3-10-12(9)17-8-16-10/h1-3H,4-8,13H2,(H,14,15). The Kier molecular flexibility index (Phi) is 3.82. The van der Waals surface area contributed by atoms with E-state index in [1.54, 1.807) is 0 Å². The molecular weight excluding hydrogens is 220 g/mol. The van der Waals surface area contributed by atoms with Gasteiger partial charge in [0.2, 0.25) is 12.7 Å². The molecule has 1 heterocycles. The highest BCUT2D eigenvalue weighted by Crippen LogP contribution is 2.35. The van der Waals surface area contributed by atoms with Gasteiger partial charge >= 0.3 is 0 Å². The van der Waals surface area contributed by atoms with Crippen LogP contribution in [-0.2, 0) is 11.2 Å². The molecule has 17 heavy (non-hydrogen) atoms. The molecule has 92 valence electrons. The summed E-state index contributed by atoms with van der Waals surface area (Å²) in [6.45, 7) is 1.24. The van der Waals surface area contributed by atoms with Crippen LogP contribution in [0.15, 0.2) is 18.2 Å². The predicted molar refractivity (Wildman–Crippen MR) is 63.0 cm³/mol. The van der Waals surface area contributed by atoms with E-state index in [0.717, 1.165) is 17.1 Å². The highest BCUT2D eigenvalue weighted by Gasteiger charge is 2.17. The summed E-state index contributed by atoms with van der Waals surface area (Å²) in [5.74, 6) is 1.52. The average Bonchev–Trinajstić information content (AvgIpc) is 2.82. The van der Waals surface area contributed by atoms with Crippen LogP contribution in [0.3, 0.4) is 0 Å². The molecule has 5 nitrogen and oxygen atoms in total. The van der Waals surface area contributed by atoms with Crippen LogP contribution in [0.4, 0.5) is 0 Å². The van der Waals surface area contributed by atoms with E-state index in [4.69, 9.17) is 15.2 Å². The number of amides is 1. The zero-order chi connectivity index (χ0) is 12.1. The summed E-state index contributed by atoms with van der Waals surface area (Å²) in [5.41, 5.74) is 6.31. The Morgan fingerprint density at radius 2 is 2.29 bits per heavy atom. The van der Waals surface area contributed by atoms with Crippen molar-refractivity contribution in [2.75, 3.05) is 19.9 Å². The van der Waals surface area contributed by atoms with Gasteiger partial charge in [0.25, 0.3) is 0 Å². The molecule has 5 heteroatoms. The first-order valence-electron chi connectivity index (χ1n) is 5.65. The molecule has 1 aromatic carbocycles. The largest absolute Gasteiger partial charge is 0.454 e. The number of ether oxygens (including phenoxy) is 2. The van der Waals surface area contributed by atoms with Crippen molar-refractivity contribution in [3.05, 3.63) is 23.8 Å². The second kappa shape index (κ2) is 5.54. The van der Waals surface area contributed by atoms with Crippen LogP contribution in [0, 0.1) is 0 Å². The summed E-state index contributed by atoms with van der Waals surface area (Å²) in [5, 5.41) is 2.73. The van der Waals surface area contributed by atoms with E-state index in [0.29, 0.717) is 25.9 Å². The van der Waals surface area contributed by atoms with Crippen LogP contribution in [-0.4, -0.2) is 25.8 Å². The van der Waals surface area contributed by atoms with Crippen LogP contribution < -0.4 is 20.5 Å². The fourth-order valence-corrected chi connectivity index (χ4v) is 1.74. The topological polar surface area (TPSA) is 73.6 Å². The van der Waals surface area contributed by atoms with E-state index in [9.17, 15) is 4.79 Å². The molecule has 0 aliphatic carbocycles. The van der Waals surface area contributed by atoms with Gasteiger partial charge in [0.15, 0.2) is 11.5 Å². The van der Waals surface area contributed by atoms with Gasteiger partial charge in [0, 0.05) is 19.5 Å². The summed E-state index contributed by atoms with van der Waals surface area (Å²) in [6.07, 6.45) is 1.07. The Labute approximate surface area is 99.9 Å². The Hall–Kier alpha value is -1.75. The number of nitrogens with two attached hydrogens (primary N) is 1. The van der Waals surface area contributed by atoms with Crippen molar-refractivity contribution in [2.24, 2.45) is 5.73 Å². The minimum Gasteiger partial charge on any atom is -0.454 e. The van der Waals surface area contributed by atoms with Crippen molar-refractivity contribution in [1.29, 1.82) is 0 Å². The number of hydrogen-bond acceptors (Lipinski definition) is 4. The fraction of sp³-hybridized carbons (Fsp3) is 0.417. The van der Waals surface area contributed by atoms with E-state index < -0.39 is 0 Å². The third-order valence-electron chi connectivity index (χ3n) is 2.57. The molecule has 0 aromatic heterocycles. The van der Waals surface area contributed by atoms with Gasteiger partial charge in [-0.25, -0.2) is 0 Å². The molecule has 0 fully saturated rings. The number of carbonyl (C=O) groups is 1. The summed E-state index contributed by atoms with van der Waals surface area (Å²) in [4.78, 5) is 11.4. The van der Waals surface area contributed by atoms with Gasteiger partial charge in [0.05, 0.1) is 0 Å². The molecule has 0 unspecified atom stereocenters. The number of fused-ring (bicyclic) bond motifs is 1. The first-order chi connectivity index (χ1) is 8.31. The van der Waals surface area contributed by atoms with E-state index in [2.05, 4.69) is 5.32 Å². The molecule has 0 atom stereocenters. The molecule has 1 aliphatic rings. The lowest BCUT2D eigenvalue weighted by atomic mass is 10.1. The zero-order valence-electron chi connectivity index (χ0n) is 9.57. The van der Waals surface area contributed by atoms with Gasteiger partial charge < -0.3 is 20.5 Å². The van der Waals surface area contributed by atoms with E-state index in [1.165, 1.54) is 0 Å². The van der Waals surface area contributed by atoms with Crippen LogP contribution in [0.5, 0.6) is 11.5 Å². The number of para-hydroxylation sites is 1.